The fourth-order valence-electron chi connectivity index (χ4n) is 2.86. The van der Waals surface area contributed by atoms with Crippen molar-refractivity contribution in [3.63, 3.8) is 0 Å². The monoisotopic (exact) mass is 265 g/mol. The largest absolute Gasteiger partial charge is 0.330 e. The minimum absolute atomic E-state index is 0.242. The molecule has 19 heavy (non-hydrogen) atoms. The number of nitrogens with zero attached hydrogens (tertiary/aromatic N) is 2. The molecule has 1 aromatic heterocycles. The van der Waals surface area contributed by atoms with E-state index in [1.165, 1.54) is 36.9 Å². The van der Waals surface area contributed by atoms with Crippen molar-refractivity contribution in [3.05, 3.63) is 32.6 Å². The van der Waals surface area contributed by atoms with Crippen LogP contribution in [0.3, 0.4) is 0 Å². The van der Waals surface area contributed by atoms with Gasteiger partial charge in [-0.3, -0.25) is 13.9 Å². The highest BCUT2D eigenvalue weighted by Crippen LogP contribution is 2.30. The molecule has 5 nitrogen and oxygen atoms in total. The summed E-state index contributed by atoms with van der Waals surface area (Å²) in [5, 5.41) is 3.38. The van der Waals surface area contributed by atoms with E-state index in [0.717, 1.165) is 28.6 Å². The quantitative estimate of drug-likeness (QED) is 0.868. The third-order valence-corrected chi connectivity index (χ3v) is 4.38. The van der Waals surface area contributed by atoms with Gasteiger partial charge in [0.1, 0.15) is 0 Å². The third-order valence-electron chi connectivity index (χ3n) is 4.38. The van der Waals surface area contributed by atoms with Gasteiger partial charge in [0, 0.05) is 32.4 Å². The molecule has 1 saturated carbocycles. The molecule has 0 amide bonds. The molecular weight excluding hydrogens is 242 g/mol. The number of hydrogen-bond acceptors (Lipinski definition) is 3. The highest BCUT2D eigenvalue weighted by molar-refractivity contribution is 5.01. The summed E-state index contributed by atoms with van der Waals surface area (Å²) in [7, 11) is 3.21. The average molecular weight is 265 g/mol. The molecule has 0 aliphatic heterocycles. The lowest BCUT2D eigenvalue weighted by atomic mass is 9.98. The van der Waals surface area contributed by atoms with Crippen LogP contribution in [0.4, 0.5) is 0 Å². The molecule has 2 rings (SSSR count). The van der Waals surface area contributed by atoms with E-state index in [4.69, 9.17) is 0 Å². The molecule has 106 valence electrons. The van der Waals surface area contributed by atoms with Gasteiger partial charge in [-0.1, -0.05) is 19.8 Å². The number of nitrogens with one attached hydrogen (secondary N) is 1. The summed E-state index contributed by atoms with van der Waals surface area (Å²) < 4.78 is 2.66. The number of rotatable bonds is 4. The van der Waals surface area contributed by atoms with Gasteiger partial charge in [-0.05, 0) is 24.8 Å². The Balaban J connectivity index is 2.00. The Morgan fingerprint density at radius 2 is 2.00 bits per heavy atom. The fourth-order valence-corrected chi connectivity index (χ4v) is 2.86. The standard InChI is InChI=1S/C14H23N3O2/c1-10-5-4-6-11(10)8-15-9-12-7-13(18)17(3)14(19)16(12)2/h7,10-11,15H,4-6,8-9H2,1-3H3. The summed E-state index contributed by atoms with van der Waals surface area (Å²) in [6.07, 6.45) is 3.91. The molecule has 2 atom stereocenters. The molecule has 1 aromatic rings. The van der Waals surface area contributed by atoms with E-state index >= 15 is 0 Å². The van der Waals surface area contributed by atoms with Crippen LogP contribution in [-0.4, -0.2) is 15.7 Å². The summed E-state index contributed by atoms with van der Waals surface area (Å²) >= 11 is 0. The van der Waals surface area contributed by atoms with E-state index < -0.39 is 0 Å². The van der Waals surface area contributed by atoms with Crippen LogP contribution >= 0.6 is 0 Å². The van der Waals surface area contributed by atoms with Crippen LogP contribution in [0.25, 0.3) is 0 Å². The number of hydrogen-bond donors (Lipinski definition) is 1. The van der Waals surface area contributed by atoms with Crippen molar-refractivity contribution < 1.29 is 0 Å². The molecule has 0 spiro atoms. The van der Waals surface area contributed by atoms with Gasteiger partial charge in [0.25, 0.3) is 5.56 Å². The van der Waals surface area contributed by atoms with Crippen molar-refractivity contribution in [2.24, 2.45) is 25.9 Å². The van der Waals surface area contributed by atoms with Crippen molar-refractivity contribution in [2.45, 2.75) is 32.7 Å². The minimum Gasteiger partial charge on any atom is -0.311 e. The highest BCUT2D eigenvalue weighted by Gasteiger charge is 2.22. The third kappa shape index (κ3) is 2.97. The molecule has 1 fully saturated rings. The molecule has 0 saturated heterocycles. The first-order chi connectivity index (χ1) is 9.00. The Labute approximate surface area is 113 Å². The van der Waals surface area contributed by atoms with Crippen molar-refractivity contribution >= 4 is 0 Å². The van der Waals surface area contributed by atoms with Crippen LogP contribution in [-0.2, 0) is 20.6 Å². The summed E-state index contributed by atoms with van der Waals surface area (Å²) in [6, 6.07) is 1.53. The maximum absolute atomic E-state index is 11.8. The molecule has 1 N–H and O–H groups in total. The zero-order valence-corrected chi connectivity index (χ0v) is 12.0. The lowest BCUT2D eigenvalue weighted by Crippen LogP contribution is -2.39. The fraction of sp³-hybridized carbons (Fsp3) is 0.714. The van der Waals surface area contributed by atoms with Gasteiger partial charge in [-0.2, -0.15) is 0 Å². The zero-order valence-electron chi connectivity index (χ0n) is 12.0. The predicted octanol–water partition coefficient (Wildman–Crippen LogP) is 0.610. The minimum atomic E-state index is -0.265. The van der Waals surface area contributed by atoms with Gasteiger partial charge in [-0.25, -0.2) is 4.79 Å². The summed E-state index contributed by atoms with van der Waals surface area (Å²) in [5.74, 6) is 1.50. The van der Waals surface area contributed by atoms with Crippen LogP contribution in [0.1, 0.15) is 31.9 Å². The lowest BCUT2D eigenvalue weighted by Gasteiger charge is -2.16. The first-order valence-corrected chi connectivity index (χ1v) is 6.97. The smallest absolute Gasteiger partial charge is 0.311 e. The van der Waals surface area contributed by atoms with Crippen molar-refractivity contribution in [1.29, 1.82) is 0 Å². The van der Waals surface area contributed by atoms with Crippen LogP contribution in [0.15, 0.2) is 15.7 Å². The molecule has 1 aliphatic carbocycles. The summed E-state index contributed by atoms with van der Waals surface area (Å²) in [5.41, 5.74) is 0.242. The average Bonchev–Trinajstić information content (AvgIpc) is 2.79. The maximum Gasteiger partial charge on any atom is 0.330 e. The molecule has 0 bridgehead atoms. The Morgan fingerprint density at radius 1 is 1.26 bits per heavy atom. The van der Waals surface area contributed by atoms with Crippen LogP contribution in [0.5, 0.6) is 0 Å². The SMILES string of the molecule is CC1CCCC1CNCc1cc(=O)n(C)c(=O)n1C. The Morgan fingerprint density at radius 3 is 2.63 bits per heavy atom. The first kappa shape index (κ1) is 14.1. The van der Waals surface area contributed by atoms with Crippen LogP contribution < -0.4 is 16.6 Å². The highest BCUT2D eigenvalue weighted by atomic mass is 16.2. The van der Waals surface area contributed by atoms with Crippen molar-refractivity contribution in [2.75, 3.05) is 6.54 Å². The van der Waals surface area contributed by atoms with E-state index in [1.807, 2.05) is 0 Å². The second kappa shape index (κ2) is 5.74. The normalized spacial score (nSPS) is 22.9. The first-order valence-electron chi connectivity index (χ1n) is 6.97. The maximum atomic E-state index is 11.8. The van der Waals surface area contributed by atoms with E-state index in [0.29, 0.717) is 6.54 Å². The number of aromatic nitrogens is 2. The molecule has 2 unspecified atom stereocenters. The second-order valence-corrected chi connectivity index (χ2v) is 5.67. The van der Waals surface area contributed by atoms with Gasteiger partial charge in [0.05, 0.1) is 0 Å². The van der Waals surface area contributed by atoms with E-state index in [9.17, 15) is 9.59 Å². The van der Waals surface area contributed by atoms with Crippen molar-refractivity contribution in [1.82, 2.24) is 14.5 Å². The van der Waals surface area contributed by atoms with Crippen LogP contribution in [0, 0.1) is 11.8 Å². The molecule has 1 aliphatic rings. The van der Waals surface area contributed by atoms with E-state index in [1.54, 1.807) is 7.05 Å². The molecular formula is C14H23N3O2. The van der Waals surface area contributed by atoms with Gasteiger partial charge in [0.15, 0.2) is 0 Å². The van der Waals surface area contributed by atoms with Crippen LogP contribution in [0.2, 0.25) is 0 Å². The predicted molar refractivity (Wildman–Crippen MR) is 75.1 cm³/mol. The topological polar surface area (TPSA) is 56.0 Å². The lowest BCUT2D eigenvalue weighted by molar-refractivity contribution is 0.389. The van der Waals surface area contributed by atoms with Gasteiger partial charge < -0.3 is 5.32 Å². The van der Waals surface area contributed by atoms with Gasteiger partial charge in [0.2, 0.25) is 0 Å². The van der Waals surface area contributed by atoms with E-state index in [2.05, 4.69) is 12.2 Å². The van der Waals surface area contributed by atoms with Gasteiger partial charge in [-0.15, -0.1) is 0 Å². The molecule has 0 radical (unpaired) electrons. The Kier molecular flexibility index (Phi) is 4.24. The Hall–Kier alpha value is -1.36. The molecule has 0 aromatic carbocycles. The van der Waals surface area contributed by atoms with Gasteiger partial charge >= 0.3 is 5.69 Å². The summed E-state index contributed by atoms with van der Waals surface area (Å²) in [4.78, 5) is 23.4. The Bertz CT molecular complexity index is 559. The second-order valence-electron chi connectivity index (χ2n) is 5.67. The molecule has 1 heterocycles. The zero-order chi connectivity index (χ0) is 14.0. The van der Waals surface area contributed by atoms with E-state index in [-0.39, 0.29) is 11.2 Å². The molecule has 5 heteroatoms. The summed E-state index contributed by atoms with van der Waals surface area (Å²) in [6.45, 7) is 3.84. The van der Waals surface area contributed by atoms with Crippen molar-refractivity contribution in [3.8, 4) is 0 Å².